The summed E-state index contributed by atoms with van der Waals surface area (Å²) in [6.07, 6.45) is 4.86. The number of benzene rings is 2. The van der Waals surface area contributed by atoms with Crippen molar-refractivity contribution in [2.75, 3.05) is 32.7 Å². The summed E-state index contributed by atoms with van der Waals surface area (Å²) in [4.78, 5) is 29.2. The van der Waals surface area contributed by atoms with E-state index in [1.54, 1.807) is 0 Å². The molecule has 2 aliphatic rings. The number of rotatable bonds is 5. The Balaban J connectivity index is 1.25. The molecule has 2 aromatic rings. The van der Waals surface area contributed by atoms with Crippen LogP contribution in [0.2, 0.25) is 0 Å². The van der Waals surface area contributed by atoms with Gasteiger partial charge in [0.15, 0.2) is 0 Å². The van der Waals surface area contributed by atoms with E-state index in [1.165, 1.54) is 36.0 Å². The molecule has 0 aromatic heterocycles. The lowest BCUT2D eigenvalue weighted by molar-refractivity contribution is -0.123. The summed E-state index contributed by atoms with van der Waals surface area (Å²) in [5.74, 6) is 0.115. The molecule has 2 amide bonds. The van der Waals surface area contributed by atoms with Crippen LogP contribution in [0.15, 0.2) is 48.5 Å². The van der Waals surface area contributed by atoms with Gasteiger partial charge in [-0.15, -0.1) is 0 Å². The van der Waals surface area contributed by atoms with E-state index in [2.05, 4.69) is 35.3 Å². The van der Waals surface area contributed by atoms with Crippen LogP contribution in [-0.4, -0.2) is 54.3 Å². The van der Waals surface area contributed by atoms with E-state index in [-0.39, 0.29) is 17.9 Å². The Morgan fingerprint density at radius 2 is 1.63 bits per heavy atom. The third-order valence-electron chi connectivity index (χ3n) is 6.30. The number of hydrogen-bond donors (Lipinski definition) is 1. The highest BCUT2D eigenvalue weighted by Crippen LogP contribution is 2.24. The van der Waals surface area contributed by atoms with Gasteiger partial charge in [0.1, 0.15) is 0 Å². The van der Waals surface area contributed by atoms with Crippen LogP contribution in [0.1, 0.15) is 52.9 Å². The number of aryl methyl sites for hydroxylation is 2. The largest absolute Gasteiger partial charge is 0.348 e. The molecule has 1 aliphatic heterocycles. The first kappa shape index (κ1) is 20.6. The first-order valence-electron chi connectivity index (χ1n) is 11.1. The molecule has 1 atom stereocenters. The van der Waals surface area contributed by atoms with E-state index in [9.17, 15) is 9.59 Å². The van der Waals surface area contributed by atoms with Crippen molar-refractivity contribution in [2.24, 2.45) is 0 Å². The van der Waals surface area contributed by atoms with Gasteiger partial charge in [0.2, 0.25) is 5.91 Å². The van der Waals surface area contributed by atoms with E-state index in [0.29, 0.717) is 19.6 Å². The average molecular weight is 406 g/mol. The number of hydrogen-bond acceptors (Lipinski definition) is 3. The van der Waals surface area contributed by atoms with Gasteiger partial charge >= 0.3 is 0 Å². The maximum Gasteiger partial charge on any atom is 0.253 e. The lowest BCUT2D eigenvalue weighted by Gasteiger charge is -2.34. The van der Waals surface area contributed by atoms with Crippen molar-refractivity contribution in [1.82, 2.24) is 15.1 Å². The number of carbonyl (C=O) groups is 2. The van der Waals surface area contributed by atoms with Gasteiger partial charge in [-0.25, -0.2) is 0 Å². The topological polar surface area (TPSA) is 52.7 Å². The third kappa shape index (κ3) is 4.90. The Morgan fingerprint density at radius 3 is 2.37 bits per heavy atom. The molecular weight excluding hydrogens is 374 g/mol. The highest BCUT2D eigenvalue weighted by molar-refractivity contribution is 5.94. The maximum atomic E-state index is 12.6. The van der Waals surface area contributed by atoms with Crippen LogP contribution in [0.3, 0.4) is 0 Å². The van der Waals surface area contributed by atoms with Crippen LogP contribution in [0.5, 0.6) is 0 Å². The zero-order valence-corrected chi connectivity index (χ0v) is 17.8. The van der Waals surface area contributed by atoms with E-state index in [0.717, 1.165) is 25.1 Å². The predicted molar refractivity (Wildman–Crippen MR) is 118 cm³/mol. The summed E-state index contributed by atoms with van der Waals surface area (Å²) in [7, 11) is 0. The zero-order valence-electron chi connectivity index (χ0n) is 17.8. The van der Waals surface area contributed by atoms with Gasteiger partial charge in [-0.1, -0.05) is 36.4 Å². The van der Waals surface area contributed by atoms with Gasteiger partial charge in [-0.05, 0) is 61.4 Å². The van der Waals surface area contributed by atoms with Gasteiger partial charge in [-0.2, -0.15) is 0 Å². The zero-order chi connectivity index (χ0) is 20.9. The first-order valence-corrected chi connectivity index (χ1v) is 11.1. The first-order chi connectivity index (χ1) is 14.6. The van der Waals surface area contributed by atoms with E-state index < -0.39 is 0 Å². The second kappa shape index (κ2) is 9.43. The van der Waals surface area contributed by atoms with Crippen LogP contribution >= 0.6 is 0 Å². The number of piperazine rings is 1. The fourth-order valence-corrected chi connectivity index (χ4v) is 4.47. The quantitative estimate of drug-likeness (QED) is 0.831. The van der Waals surface area contributed by atoms with Crippen molar-refractivity contribution in [2.45, 2.75) is 38.6 Å². The van der Waals surface area contributed by atoms with Crippen LogP contribution < -0.4 is 5.32 Å². The minimum Gasteiger partial charge on any atom is -0.348 e. The molecule has 1 saturated heterocycles. The number of amides is 2. The summed E-state index contributed by atoms with van der Waals surface area (Å²) in [5, 5.41) is 3.15. The number of carbonyl (C=O) groups excluding carboxylic acids is 2. The van der Waals surface area contributed by atoms with E-state index in [1.807, 2.05) is 35.2 Å². The molecule has 30 heavy (non-hydrogen) atoms. The summed E-state index contributed by atoms with van der Waals surface area (Å²) in [5.41, 5.74) is 4.82. The highest BCUT2D eigenvalue weighted by atomic mass is 16.2. The summed E-state index contributed by atoms with van der Waals surface area (Å²) < 4.78 is 0. The number of nitrogens with one attached hydrogen (secondary N) is 1. The third-order valence-corrected chi connectivity index (χ3v) is 6.30. The van der Waals surface area contributed by atoms with Crippen molar-refractivity contribution in [3.63, 3.8) is 0 Å². The van der Waals surface area contributed by atoms with E-state index in [4.69, 9.17) is 0 Å². The molecule has 5 heteroatoms. The second-order valence-corrected chi connectivity index (χ2v) is 8.46. The molecule has 0 spiro atoms. The van der Waals surface area contributed by atoms with Gasteiger partial charge in [0.05, 0.1) is 12.6 Å². The molecule has 4 rings (SSSR count). The molecule has 5 nitrogen and oxygen atoms in total. The molecule has 0 saturated carbocycles. The van der Waals surface area contributed by atoms with Gasteiger partial charge in [0, 0.05) is 31.7 Å². The molecule has 0 radical (unpaired) electrons. The fourth-order valence-electron chi connectivity index (χ4n) is 4.47. The maximum absolute atomic E-state index is 12.6. The van der Waals surface area contributed by atoms with Crippen molar-refractivity contribution in [3.8, 4) is 0 Å². The Kier molecular flexibility index (Phi) is 6.48. The van der Waals surface area contributed by atoms with Crippen LogP contribution in [0.4, 0.5) is 0 Å². The lowest BCUT2D eigenvalue weighted by atomic mass is 9.89. The molecule has 0 bridgehead atoms. The normalized spacial score (nSPS) is 17.8. The summed E-state index contributed by atoms with van der Waals surface area (Å²) >= 11 is 0. The Hall–Kier alpha value is -2.66. The Labute approximate surface area is 179 Å². The van der Waals surface area contributed by atoms with Crippen LogP contribution in [-0.2, 0) is 17.6 Å². The van der Waals surface area contributed by atoms with E-state index >= 15 is 0 Å². The smallest absolute Gasteiger partial charge is 0.253 e. The van der Waals surface area contributed by atoms with Crippen LogP contribution in [0.25, 0.3) is 0 Å². The molecular formula is C25H31N3O2. The molecule has 158 valence electrons. The predicted octanol–water partition coefficient (Wildman–Crippen LogP) is 3.20. The highest BCUT2D eigenvalue weighted by Gasteiger charge is 2.23. The van der Waals surface area contributed by atoms with Gasteiger partial charge < -0.3 is 10.2 Å². The minimum absolute atomic E-state index is 0.00525. The van der Waals surface area contributed by atoms with Crippen molar-refractivity contribution < 1.29 is 9.59 Å². The van der Waals surface area contributed by atoms with Gasteiger partial charge in [0.25, 0.3) is 5.91 Å². The summed E-state index contributed by atoms with van der Waals surface area (Å²) in [6, 6.07) is 16.1. The lowest BCUT2D eigenvalue weighted by Crippen LogP contribution is -2.51. The minimum atomic E-state index is 0.00525. The van der Waals surface area contributed by atoms with Crippen molar-refractivity contribution >= 4 is 11.8 Å². The number of nitrogens with zero attached hydrogens (tertiary/aromatic N) is 2. The molecule has 1 aliphatic carbocycles. The monoisotopic (exact) mass is 405 g/mol. The van der Waals surface area contributed by atoms with Crippen LogP contribution in [0, 0.1) is 0 Å². The summed E-state index contributed by atoms with van der Waals surface area (Å²) in [6.45, 7) is 5.18. The Morgan fingerprint density at radius 1 is 0.933 bits per heavy atom. The molecule has 0 unspecified atom stereocenters. The van der Waals surface area contributed by atoms with Crippen molar-refractivity contribution in [1.29, 1.82) is 0 Å². The SMILES string of the molecule is C[C@@H](NC(=O)CN1CCN(C(=O)c2ccccc2)CC1)c1ccc2c(c1)CCCC2. The standard InChI is InChI=1S/C25H31N3O2/c1-19(22-12-11-20-7-5-6-10-23(20)17-22)26-24(29)18-27-13-15-28(16-14-27)25(30)21-8-3-2-4-9-21/h2-4,8-9,11-12,17,19H,5-7,10,13-16,18H2,1H3,(H,26,29)/t19-/m1/s1. The molecule has 2 aromatic carbocycles. The average Bonchev–Trinajstić information content (AvgIpc) is 2.79. The molecule has 1 N–H and O–H groups in total. The van der Waals surface area contributed by atoms with Crippen molar-refractivity contribution in [3.05, 3.63) is 70.8 Å². The van der Waals surface area contributed by atoms with Gasteiger partial charge in [-0.3, -0.25) is 14.5 Å². The molecule has 1 fully saturated rings. The fraction of sp³-hybridized carbons (Fsp3) is 0.440. The number of fused-ring (bicyclic) bond motifs is 1. The molecule has 1 heterocycles. The Bertz CT molecular complexity index is 889. The second-order valence-electron chi connectivity index (χ2n) is 8.46.